The lowest BCUT2D eigenvalue weighted by molar-refractivity contribution is 0.323. The van der Waals surface area contributed by atoms with Gasteiger partial charge in [-0.05, 0) is 50.5 Å². The maximum Gasteiger partial charge on any atom is 0.232 e. The van der Waals surface area contributed by atoms with Crippen LogP contribution in [0.15, 0.2) is 36.5 Å². The van der Waals surface area contributed by atoms with Crippen LogP contribution in [0, 0.1) is 11.3 Å². The highest BCUT2D eigenvalue weighted by Crippen LogP contribution is 2.42. The predicted molar refractivity (Wildman–Crippen MR) is 112 cm³/mol. The molecule has 1 fully saturated rings. The van der Waals surface area contributed by atoms with Gasteiger partial charge in [-0.2, -0.15) is 5.26 Å². The van der Waals surface area contributed by atoms with Crippen LogP contribution in [0.1, 0.15) is 37.8 Å². The standard InChI is InChI=1S/C21H22N4O3S/c1-3-29(26,27)24-14-7-10-19(23-13-14)21-18(12-22)17-9-8-16(28-2)11-20(17)25(21)15-5-4-6-15/h7-11,13,15,24H,3-6H2,1-2H3. The second kappa shape index (κ2) is 7.41. The summed E-state index contributed by atoms with van der Waals surface area (Å²) in [5, 5.41) is 10.8. The number of methoxy groups -OCH3 is 1. The molecule has 0 bridgehead atoms. The van der Waals surface area contributed by atoms with E-state index in [1.165, 1.54) is 6.20 Å². The number of aromatic nitrogens is 2. The number of rotatable bonds is 6. The summed E-state index contributed by atoms with van der Waals surface area (Å²) >= 11 is 0. The van der Waals surface area contributed by atoms with Crippen LogP contribution in [0.5, 0.6) is 5.75 Å². The molecular weight excluding hydrogens is 388 g/mol. The first-order chi connectivity index (χ1) is 14.0. The number of nitrogens with one attached hydrogen (secondary N) is 1. The maximum atomic E-state index is 11.8. The van der Waals surface area contributed by atoms with Crippen LogP contribution >= 0.6 is 0 Å². The molecule has 2 heterocycles. The number of sulfonamides is 1. The Bertz CT molecular complexity index is 1200. The number of anilines is 1. The monoisotopic (exact) mass is 410 g/mol. The molecule has 1 aromatic carbocycles. The van der Waals surface area contributed by atoms with Crippen molar-refractivity contribution < 1.29 is 13.2 Å². The quantitative estimate of drug-likeness (QED) is 0.661. The first-order valence-corrected chi connectivity index (χ1v) is 11.2. The molecule has 4 rings (SSSR count). The molecule has 0 atom stereocenters. The number of nitrogens with zero attached hydrogens (tertiary/aromatic N) is 3. The zero-order valence-corrected chi connectivity index (χ0v) is 17.2. The van der Waals surface area contributed by atoms with Crippen LogP contribution in [0.25, 0.3) is 22.3 Å². The highest BCUT2D eigenvalue weighted by molar-refractivity contribution is 7.92. The third-order valence-corrected chi connectivity index (χ3v) is 6.73. The Morgan fingerprint density at radius 1 is 1.31 bits per heavy atom. The topological polar surface area (TPSA) is 97.0 Å². The van der Waals surface area contributed by atoms with E-state index in [1.54, 1.807) is 26.2 Å². The van der Waals surface area contributed by atoms with Gasteiger partial charge in [0.25, 0.3) is 0 Å². The molecule has 1 saturated carbocycles. The number of hydrogen-bond acceptors (Lipinski definition) is 5. The van der Waals surface area contributed by atoms with Crippen molar-refractivity contribution in [1.29, 1.82) is 5.26 Å². The van der Waals surface area contributed by atoms with E-state index in [9.17, 15) is 13.7 Å². The van der Waals surface area contributed by atoms with E-state index in [-0.39, 0.29) is 5.75 Å². The Labute approximate surface area is 170 Å². The molecule has 0 unspecified atom stereocenters. The SMILES string of the molecule is CCS(=O)(=O)Nc1ccc(-c2c(C#N)c3ccc(OC)cc3n2C2CCC2)nc1. The summed E-state index contributed by atoms with van der Waals surface area (Å²) in [5.74, 6) is 0.731. The fourth-order valence-corrected chi connectivity index (χ4v) is 4.28. The summed E-state index contributed by atoms with van der Waals surface area (Å²) in [4.78, 5) is 4.49. The van der Waals surface area contributed by atoms with Gasteiger partial charge in [-0.25, -0.2) is 8.42 Å². The molecule has 0 saturated heterocycles. The smallest absolute Gasteiger partial charge is 0.232 e. The Hall–Kier alpha value is -3.05. The second-order valence-corrected chi connectivity index (χ2v) is 9.12. The summed E-state index contributed by atoms with van der Waals surface area (Å²) in [6.45, 7) is 1.58. The lowest BCUT2D eigenvalue weighted by Gasteiger charge is -2.30. The van der Waals surface area contributed by atoms with E-state index in [2.05, 4.69) is 20.3 Å². The summed E-state index contributed by atoms with van der Waals surface area (Å²) in [6, 6.07) is 11.8. The van der Waals surface area contributed by atoms with Gasteiger partial charge in [0.2, 0.25) is 10.0 Å². The van der Waals surface area contributed by atoms with Gasteiger partial charge in [0, 0.05) is 17.5 Å². The maximum absolute atomic E-state index is 11.8. The second-order valence-electron chi connectivity index (χ2n) is 7.11. The molecule has 29 heavy (non-hydrogen) atoms. The third-order valence-electron chi connectivity index (χ3n) is 5.42. The molecule has 3 aromatic rings. The Kier molecular flexibility index (Phi) is 4.92. The van der Waals surface area contributed by atoms with Crippen molar-refractivity contribution in [3.05, 3.63) is 42.1 Å². The Morgan fingerprint density at radius 2 is 2.10 bits per heavy atom. The molecule has 150 valence electrons. The lowest BCUT2D eigenvalue weighted by Crippen LogP contribution is -2.18. The molecule has 0 spiro atoms. The summed E-state index contributed by atoms with van der Waals surface area (Å²) in [5.41, 5.74) is 3.35. The van der Waals surface area contributed by atoms with E-state index >= 15 is 0 Å². The van der Waals surface area contributed by atoms with Crippen LogP contribution in [-0.4, -0.2) is 30.8 Å². The van der Waals surface area contributed by atoms with Crippen molar-refractivity contribution in [2.24, 2.45) is 0 Å². The zero-order chi connectivity index (χ0) is 20.6. The van der Waals surface area contributed by atoms with E-state index in [0.717, 1.165) is 41.6 Å². The van der Waals surface area contributed by atoms with Crippen molar-refractivity contribution in [3.63, 3.8) is 0 Å². The summed E-state index contributed by atoms with van der Waals surface area (Å²) < 4.78 is 33.7. The molecule has 0 radical (unpaired) electrons. The number of hydrogen-bond donors (Lipinski definition) is 1. The third kappa shape index (κ3) is 3.42. The van der Waals surface area contributed by atoms with Crippen LogP contribution < -0.4 is 9.46 Å². The van der Waals surface area contributed by atoms with Crippen molar-refractivity contribution in [1.82, 2.24) is 9.55 Å². The first-order valence-electron chi connectivity index (χ1n) is 9.56. The normalized spacial score (nSPS) is 14.4. The van der Waals surface area contributed by atoms with Crippen LogP contribution in [0.2, 0.25) is 0 Å². The number of pyridine rings is 1. The molecule has 2 aromatic heterocycles. The van der Waals surface area contributed by atoms with Gasteiger partial charge in [-0.1, -0.05) is 0 Å². The van der Waals surface area contributed by atoms with E-state index in [1.807, 2.05) is 18.2 Å². The van der Waals surface area contributed by atoms with Gasteiger partial charge in [-0.15, -0.1) is 0 Å². The van der Waals surface area contributed by atoms with Gasteiger partial charge in [0.15, 0.2) is 0 Å². The van der Waals surface area contributed by atoms with Gasteiger partial charge >= 0.3 is 0 Å². The van der Waals surface area contributed by atoms with E-state index in [4.69, 9.17) is 4.74 Å². The largest absolute Gasteiger partial charge is 0.497 e. The zero-order valence-electron chi connectivity index (χ0n) is 16.3. The number of benzene rings is 1. The average molecular weight is 410 g/mol. The van der Waals surface area contributed by atoms with Crippen molar-refractivity contribution >= 4 is 26.6 Å². The van der Waals surface area contributed by atoms with Crippen molar-refractivity contribution in [3.8, 4) is 23.2 Å². The molecular formula is C21H22N4O3S. The first kappa shape index (κ1) is 19.3. The molecule has 0 aliphatic heterocycles. The van der Waals surface area contributed by atoms with Gasteiger partial charge in [0.1, 0.15) is 11.8 Å². The van der Waals surface area contributed by atoms with E-state index in [0.29, 0.717) is 23.0 Å². The summed E-state index contributed by atoms with van der Waals surface area (Å²) in [6.07, 6.45) is 4.74. The Balaban J connectivity index is 1.87. The minimum absolute atomic E-state index is 0.00884. The molecule has 1 aliphatic rings. The molecule has 1 aliphatic carbocycles. The molecule has 8 heteroatoms. The fraction of sp³-hybridized carbons (Fsp3) is 0.333. The number of ether oxygens (including phenoxy) is 1. The molecule has 0 amide bonds. The minimum Gasteiger partial charge on any atom is -0.497 e. The average Bonchev–Trinajstić information content (AvgIpc) is 3.00. The Morgan fingerprint density at radius 3 is 2.66 bits per heavy atom. The summed E-state index contributed by atoms with van der Waals surface area (Å²) in [7, 11) is -1.74. The van der Waals surface area contributed by atoms with Crippen LogP contribution in [0.3, 0.4) is 0 Å². The van der Waals surface area contributed by atoms with Gasteiger partial charge in [-0.3, -0.25) is 9.71 Å². The number of fused-ring (bicyclic) bond motifs is 1. The fourth-order valence-electron chi connectivity index (χ4n) is 3.65. The van der Waals surface area contributed by atoms with Gasteiger partial charge in [0.05, 0.1) is 47.2 Å². The number of nitriles is 1. The highest BCUT2D eigenvalue weighted by Gasteiger charge is 2.28. The van der Waals surface area contributed by atoms with Crippen molar-refractivity contribution in [2.45, 2.75) is 32.2 Å². The highest BCUT2D eigenvalue weighted by atomic mass is 32.2. The van der Waals surface area contributed by atoms with Gasteiger partial charge < -0.3 is 9.30 Å². The molecule has 1 N–H and O–H groups in total. The van der Waals surface area contributed by atoms with E-state index < -0.39 is 10.0 Å². The predicted octanol–water partition coefficient (Wildman–Crippen LogP) is 4.07. The van der Waals surface area contributed by atoms with Crippen LogP contribution in [0.4, 0.5) is 5.69 Å². The van der Waals surface area contributed by atoms with Crippen molar-refractivity contribution in [2.75, 3.05) is 17.6 Å². The minimum atomic E-state index is -3.37. The van der Waals surface area contributed by atoms with Crippen LogP contribution in [-0.2, 0) is 10.0 Å². The molecule has 7 nitrogen and oxygen atoms in total. The lowest BCUT2D eigenvalue weighted by atomic mass is 9.92.